The van der Waals surface area contributed by atoms with Gasteiger partial charge >= 0.3 is 0 Å². The fraction of sp³-hybridized carbons (Fsp3) is 0.267. The van der Waals surface area contributed by atoms with Crippen LogP contribution in [-0.2, 0) is 22.4 Å². The number of carbonyl (C=O) groups is 2. The van der Waals surface area contributed by atoms with Gasteiger partial charge in [0, 0.05) is 5.38 Å². The second kappa shape index (κ2) is 7.06. The summed E-state index contributed by atoms with van der Waals surface area (Å²) >= 11 is 7.39. The number of amides is 2. The number of primary amides is 1. The van der Waals surface area contributed by atoms with Crippen LogP contribution in [0.15, 0.2) is 17.5 Å². The molecule has 24 heavy (non-hydrogen) atoms. The molecule has 0 spiro atoms. The number of aromatic nitrogens is 1. The number of rotatable bonds is 5. The summed E-state index contributed by atoms with van der Waals surface area (Å²) in [6.45, 7) is 0.894. The summed E-state index contributed by atoms with van der Waals surface area (Å²) in [4.78, 5) is 27.1. The molecule has 1 aliphatic rings. The maximum atomic E-state index is 12.1. The molecule has 0 saturated carbocycles. The minimum absolute atomic E-state index is 0.0458. The van der Waals surface area contributed by atoms with E-state index in [1.165, 1.54) is 11.3 Å². The molecule has 2 aromatic rings. The molecule has 2 amide bonds. The van der Waals surface area contributed by atoms with Gasteiger partial charge in [0.2, 0.25) is 11.8 Å². The summed E-state index contributed by atoms with van der Waals surface area (Å²) in [7, 11) is 0. The highest BCUT2D eigenvalue weighted by Gasteiger charge is 2.18. The van der Waals surface area contributed by atoms with Crippen LogP contribution in [0.4, 0.5) is 5.13 Å². The van der Waals surface area contributed by atoms with Gasteiger partial charge in [0.15, 0.2) is 16.6 Å². The minimum atomic E-state index is -0.468. The molecule has 0 aliphatic carbocycles. The maximum absolute atomic E-state index is 12.1. The van der Waals surface area contributed by atoms with Crippen molar-refractivity contribution >= 4 is 39.9 Å². The second-order valence-corrected chi connectivity index (χ2v) is 6.38. The number of nitrogens with two attached hydrogens (primary N) is 1. The van der Waals surface area contributed by atoms with Gasteiger partial charge in [-0.3, -0.25) is 9.59 Å². The standard InChI is InChI=1S/C15H14ClN3O4S/c16-10-3-8(4-11-14(10)23-2-1-22-11)5-13(21)19-15-18-9(7-24-15)6-12(17)20/h3-4,7H,1-2,5-6H2,(H2,17,20)(H,18,19,21). The lowest BCUT2D eigenvalue weighted by atomic mass is 10.1. The zero-order valence-corrected chi connectivity index (χ0v) is 14.1. The van der Waals surface area contributed by atoms with Crippen molar-refractivity contribution in [3.05, 3.63) is 33.8 Å². The first-order valence-electron chi connectivity index (χ1n) is 7.12. The van der Waals surface area contributed by atoms with Crippen LogP contribution in [-0.4, -0.2) is 30.0 Å². The molecule has 3 N–H and O–H groups in total. The third-order valence-electron chi connectivity index (χ3n) is 3.17. The van der Waals surface area contributed by atoms with Crippen LogP contribution in [0, 0.1) is 0 Å². The van der Waals surface area contributed by atoms with Gasteiger partial charge in [-0.1, -0.05) is 11.6 Å². The number of fused-ring (bicyclic) bond motifs is 1. The average Bonchev–Trinajstić information content (AvgIpc) is 2.93. The molecule has 7 nitrogen and oxygen atoms in total. The van der Waals surface area contributed by atoms with Gasteiger partial charge in [-0.25, -0.2) is 4.98 Å². The molecule has 1 aromatic carbocycles. The van der Waals surface area contributed by atoms with E-state index in [0.717, 1.165) is 0 Å². The van der Waals surface area contributed by atoms with E-state index in [2.05, 4.69) is 10.3 Å². The van der Waals surface area contributed by atoms with E-state index >= 15 is 0 Å². The van der Waals surface area contributed by atoms with Gasteiger partial charge in [0.25, 0.3) is 0 Å². The first-order chi connectivity index (χ1) is 11.5. The van der Waals surface area contributed by atoms with Crippen molar-refractivity contribution in [2.45, 2.75) is 12.8 Å². The Balaban J connectivity index is 1.65. The van der Waals surface area contributed by atoms with Crippen molar-refractivity contribution in [1.82, 2.24) is 4.98 Å². The van der Waals surface area contributed by atoms with Crippen molar-refractivity contribution in [2.75, 3.05) is 18.5 Å². The van der Waals surface area contributed by atoms with Crippen molar-refractivity contribution < 1.29 is 19.1 Å². The summed E-state index contributed by atoms with van der Waals surface area (Å²) in [5.41, 5.74) is 6.35. The normalized spacial score (nSPS) is 12.7. The Morgan fingerprint density at radius 1 is 1.29 bits per heavy atom. The molecule has 0 fully saturated rings. The van der Waals surface area contributed by atoms with E-state index in [4.69, 9.17) is 26.8 Å². The van der Waals surface area contributed by atoms with Gasteiger partial charge in [0.05, 0.1) is 23.6 Å². The molecule has 0 radical (unpaired) electrons. The smallest absolute Gasteiger partial charge is 0.230 e. The predicted molar refractivity (Wildman–Crippen MR) is 89.8 cm³/mol. The van der Waals surface area contributed by atoms with Crippen LogP contribution in [0.25, 0.3) is 0 Å². The van der Waals surface area contributed by atoms with Gasteiger partial charge < -0.3 is 20.5 Å². The number of nitrogens with one attached hydrogen (secondary N) is 1. The Bertz CT molecular complexity index is 793. The van der Waals surface area contributed by atoms with Gasteiger partial charge in [0.1, 0.15) is 13.2 Å². The number of ether oxygens (including phenoxy) is 2. The van der Waals surface area contributed by atoms with Crippen LogP contribution in [0.1, 0.15) is 11.3 Å². The molecular weight excluding hydrogens is 354 g/mol. The molecule has 0 unspecified atom stereocenters. The highest BCUT2D eigenvalue weighted by Crippen LogP contribution is 2.38. The van der Waals surface area contributed by atoms with Gasteiger partial charge in [-0.05, 0) is 17.7 Å². The summed E-state index contributed by atoms with van der Waals surface area (Å²) in [5.74, 6) is 0.324. The Morgan fingerprint density at radius 3 is 2.88 bits per heavy atom. The zero-order valence-electron chi connectivity index (χ0n) is 12.5. The van der Waals surface area contributed by atoms with E-state index < -0.39 is 5.91 Å². The Hall–Kier alpha value is -2.32. The van der Waals surface area contributed by atoms with Crippen molar-refractivity contribution in [1.29, 1.82) is 0 Å². The van der Waals surface area contributed by atoms with E-state index in [-0.39, 0.29) is 18.7 Å². The fourth-order valence-corrected chi connectivity index (χ4v) is 3.25. The van der Waals surface area contributed by atoms with Crippen LogP contribution < -0.4 is 20.5 Å². The van der Waals surface area contributed by atoms with Crippen LogP contribution >= 0.6 is 22.9 Å². The van der Waals surface area contributed by atoms with E-state index in [0.29, 0.717) is 46.1 Å². The maximum Gasteiger partial charge on any atom is 0.230 e. The second-order valence-electron chi connectivity index (χ2n) is 5.11. The third kappa shape index (κ3) is 3.95. The number of halogens is 1. The number of anilines is 1. The first kappa shape index (κ1) is 16.5. The van der Waals surface area contributed by atoms with Crippen molar-refractivity contribution in [3.8, 4) is 11.5 Å². The number of benzene rings is 1. The number of hydrogen-bond donors (Lipinski definition) is 2. The van der Waals surface area contributed by atoms with Crippen LogP contribution in [0.3, 0.4) is 0 Å². The highest BCUT2D eigenvalue weighted by molar-refractivity contribution is 7.13. The van der Waals surface area contributed by atoms with Crippen molar-refractivity contribution in [2.24, 2.45) is 5.73 Å². The lowest BCUT2D eigenvalue weighted by Crippen LogP contribution is -2.17. The van der Waals surface area contributed by atoms with E-state index in [1.54, 1.807) is 17.5 Å². The molecule has 3 rings (SSSR count). The van der Waals surface area contributed by atoms with Gasteiger partial charge in [-0.2, -0.15) is 0 Å². The number of thiazole rings is 1. The molecule has 0 bridgehead atoms. The lowest BCUT2D eigenvalue weighted by molar-refractivity contribution is -0.117. The SMILES string of the molecule is NC(=O)Cc1csc(NC(=O)Cc2cc(Cl)c3c(c2)OCCO3)n1. The average molecular weight is 368 g/mol. The van der Waals surface area contributed by atoms with E-state index in [1.807, 2.05) is 0 Å². The van der Waals surface area contributed by atoms with Crippen LogP contribution in [0.5, 0.6) is 11.5 Å². The summed E-state index contributed by atoms with van der Waals surface area (Å²) in [6, 6.07) is 3.41. The molecule has 1 aliphatic heterocycles. The monoisotopic (exact) mass is 367 g/mol. The number of carbonyl (C=O) groups excluding carboxylic acids is 2. The number of hydrogen-bond acceptors (Lipinski definition) is 6. The summed E-state index contributed by atoms with van der Waals surface area (Å²) in [6.07, 6.45) is 0.158. The predicted octanol–water partition coefficient (Wildman–Crippen LogP) is 1.78. The summed E-state index contributed by atoms with van der Waals surface area (Å²) in [5, 5.41) is 5.19. The Kier molecular flexibility index (Phi) is 4.86. The molecule has 0 saturated heterocycles. The van der Waals surface area contributed by atoms with Gasteiger partial charge in [-0.15, -0.1) is 11.3 Å². The molecule has 2 heterocycles. The topological polar surface area (TPSA) is 104 Å². The quantitative estimate of drug-likeness (QED) is 0.838. The Morgan fingerprint density at radius 2 is 2.08 bits per heavy atom. The lowest BCUT2D eigenvalue weighted by Gasteiger charge is -2.20. The molecule has 126 valence electrons. The van der Waals surface area contributed by atoms with E-state index in [9.17, 15) is 9.59 Å². The highest BCUT2D eigenvalue weighted by atomic mass is 35.5. The van der Waals surface area contributed by atoms with Crippen molar-refractivity contribution in [3.63, 3.8) is 0 Å². The van der Waals surface area contributed by atoms with Crippen LogP contribution in [0.2, 0.25) is 5.02 Å². The minimum Gasteiger partial charge on any atom is -0.486 e. The molecule has 9 heteroatoms. The molecule has 0 atom stereocenters. The Labute approximate surface area is 146 Å². The largest absolute Gasteiger partial charge is 0.486 e. The zero-order chi connectivity index (χ0) is 17.1. The molecular formula is C15H14ClN3O4S. The number of nitrogens with zero attached hydrogens (tertiary/aromatic N) is 1. The molecule has 1 aromatic heterocycles. The third-order valence-corrected chi connectivity index (χ3v) is 4.26. The first-order valence-corrected chi connectivity index (χ1v) is 8.37. The summed E-state index contributed by atoms with van der Waals surface area (Å²) < 4.78 is 10.9. The fourth-order valence-electron chi connectivity index (χ4n) is 2.24.